The average Bonchev–Trinajstić information content (AvgIpc) is 2.38. The summed E-state index contributed by atoms with van der Waals surface area (Å²) in [5.74, 6) is -0.590. The van der Waals surface area contributed by atoms with Gasteiger partial charge in [-0.1, -0.05) is 6.07 Å². The lowest BCUT2D eigenvalue weighted by Crippen LogP contribution is -2.46. The van der Waals surface area contributed by atoms with Crippen LogP contribution in [0.15, 0.2) is 18.2 Å². The van der Waals surface area contributed by atoms with Crippen molar-refractivity contribution in [3.8, 4) is 0 Å². The number of carboxylic acid groups (broad SMARTS) is 1. The van der Waals surface area contributed by atoms with Crippen molar-refractivity contribution < 1.29 is 19.1 Å². The number of hydrogen-bond acceptors (Lipinski definition) is 3. The molecule has 2 N–H and O–H groups in total. The molecule has 1 aromatic carbocycles. The van der Waals surface area contributed by atoms with E-state index in [0.29, 0.717) is 6.54 Å². The van der Waals surface area contributed by atoms with E-state index in [2.05, 4.69) is 5.32 Å². The van der Waals surface area contributed by atoms with Gasteiger partial charge in [0.05, 0.1) is 5.69 Å². The highest BCUT2D eigenvalue weighted by Gasteiger charge is 2.25. The third kappa shape index (κ3) is 3.04. The minimum absolute atomic E-state index is 0.0204. The van der Waals surface area contributed by atoms with Crippen LogP contribution in [0.1, 0.15) is 17.3 Å². The van der Waals surface area contributed by atoms with Crippen molar-refractivity contribution in [2.45, 2.75) is 13.0 Å². The largest absolute Gasteiger partial charge is 0.478 e. The van der Waals surface area contributed by atoms with E-state index in [9.17, 15) is 14.0 Å². The highest BCUT2D eigenvalue weighted by molar-refractivity contribution is 7.99. The number of nitrogens with zero attached hydrogens (tertiary/aromatic N) is 1. The number of carbonyl (C=O) groups is 2. The maximum atomic E-state index is 13.5. The molecule has 0 saturated carbocycles. The maximum Gasteiger partial charge on any atom is 0.340 e. The molecule has 5 nitrogen and oxygen atoms in total. The van der Waals surface area contributed by atoms with Crippen molar-refractivity contribution >= 4 is 29.4 Å². The number of rotatable bonds is 2. The van der Waals surface area contributed by atoms with Gasteiger partial charge in [0.2, 0.25) is 0 Å². The number of carboxylic acids is 1. The van der Waals surface area contributed by atoms with Crippen molar-refractivity contribution in [2.75, 3.05) is 23.4 Å². The van der Waals surface area contributed by atoms with Gasteiger partial charge in [0.1, 0.15) is 11.4 Å². The second-order valence-electron chi connectivity index (χ2n) is 4.52. The van der Waals surface area contributed by atoms with Crippen molar-refractivity contribution in [3.63, 3.8) is 0 Å². The van der Waals surface area contributed by atoms with Crippen LogP contribution in [0, 0.1) is 5.82 Å². The zero-order valence-corrected chi connectivity index (χ0v) is 11.7. The Morgan fingerprint density at radius 3 is 2.90 bits per heavy atom. The molecule has 1 fully saturated rings. The highest BCUT2D eigenvalue weighted by atomic mass is 32.2. The Balaban J connectivity index is 2.19. The highest BCUT2D eigenvalue weighted by Crippen LogP contribution is 2.21. The van der Waals surface area contributed by atoms with E-state index in [1.165, 1.54) is 12.1 Å². The number of amides is 2. The van der Waals surface area contributed by atoms with E-state index in [1.807, 2.05) is 6.92 Å². The van der Waals surface area contributed by atoms with Crippen LogP contribution < -0.4 is 5.32 Å². The number of aromatic carboxylic acids is 1. The van der Waals surface area contributed by atoms with Crippen molar-refractivity contribution in [2.24, 2.45) is 0 Å². The molecule has 1 heterocycles. The average molecular weight is 298 g/mol. The summed E-state index contributed by atoms with van der Waals surface area (Å²) in [5, 5.41) is 11.5. The molecule has 2 amide bonds. The van der Waals surface area contributed by atoms with Crippen LogP contribution in [0.3, 0.4) is 0 Å². The number of halogens is 1. The van der Waals surface area contributed by atoms with Gasteiger partial charge in [0, 0.05) is 24.1 Å². The molecule has 0 radical (unpaired) electrons. The summed E-state index contributed by atoms with van der Waals surface area (Å²) in [5.41, 5.74) is -0.534. The van der Waals surface area contributed by atoms with E-state index in [4.69, 9.17) is 5.11 Å². The standard InChI is InChI=1S/C13H15FN2O3S/c1-8-7-20-6-5-16(8)13(19)15-10-4-2-3-9(14)11(10)12(17)18/h2-4,8H,5-7H2,1H3,(H,15,19)(H,17,18). The van der Waals surface area contributed by atoms with E-state index in [-0.39, 0.29) is 11.7 Å². The maximum absolute atomic E-state index is 13.5. The molecular weight excluding hydrogens is 283 g/mol. The summed E-state index contributed by atoms with van der Waals surface area (Å²) in [4.78, 5) is 24.8. The molecule has 0 bridgehead atoms. The van der Waals surface area contributed by atoms with Crippen molar-refractivity contribution in [3.05, 3.63) is 29.6 Å². The molecule has 0 aromatic heterocycles. The fraction of sp³-hybridized carbons (Fsp3) is 0.385. The summed E-state index contributed by atoms with van der Waals surface area (Å²) in [6.07, 6.45) is 0. The lowest BCUT2D eigenvalue weighted by atomic mass is 10.1. The Morgan fingerprint density at radius 1 is 1.50 bits per heavy atom. The molecule has 1 aliphatic rings. The fourth-order valence-corrected chi connectivity index (χ4v) is 3.08. The van der Waals surface area contributed by atoms with E-state index in [0.717, 1.165) is 17.6 Å². The van der Waals surface area contributed by atoms with Crippen molar-refractivity contribution in [1.82, 2.24) is 4.90 Å². The molecule has 0 spiro atoms. The number of carbonyl (C=O) groups excluding carboxylic acids is 1. The van der Waals surface area contributed by atoms with Crippen LogP contribution >= 0.6 is 11.8 Å². The van der Waals surface area contributed by atoms with Gasteiger partial charge in [0.15, 0.2) is 0 Å². The molecule has 7 heteroatoms. The van der Waals surface area contributed by atoms with Gasteiger partial charge in [0.25, 0.3) is 0 Å². The molecular formula is C13H15FN2O3S. The first-order valence-corrected chi connectivity index (χ1v) is 7.33. The normalized spacial score (nSPS) is 18.7. The predicted molar refractivity (Wildman–Crippen MR) is 75.9 cm³/mol. The van der Waals surface area contributed by atoms with E-state index >= 15 is 0 Å². The van der Waals surface area contributed by atoms with Gasteiger partial charge in [-0.25, -0.2) is 14.0 Å². The minimum atomic E-state index is -1.40. The Kier molecular flexibility index (Phi) is 4.49. The smallest absolute Gasteiger partial charge is 0.340 e. The summed E-state index contributed by atoms with van der Waals surface area (Å²) in [6.45, 7) is 2.52. The van der Waals surface area contributed by atoms with Crippen molar-refractivity contribution in [1.29, 1.82) is 0 Å². The summed E-state index contributed by atoms with van der Waals surface area (Å²) < 4.78 is 13.5. The molecule has 0 aliphatic carbocycles. The summed E-state index contributed by atoms with van der Waals surface area (Å²) >= 11 is 1.77. The molecule has 1 aromatic rings. The van der Waals surface area contributed by atoms with Gasteiger partial charge in [-0.15, -0.1) is 0 Å². The number of hydrogen-bond donors (Lipinski definition) is 2. The predicted octanol–water partition coefficient (Wildman–Crippen LogP) is 2.49. The summed E-state index contributed by atoms with van der Waals surface area (Å²) in [6, 6.07) is 3.47. The lowest BCUT2D eigenvalue weighted by molar-refractivity contribution is 0.0693. The third-order valence-electron chi connectivity index (χ3n) is 3.10. The Morgan fingerprint density at radius 2 is 2.25 bits per heavy atom. The zero-order chi connectivity index (χ0) is 14.7. The SMILES string of the molecule is CC1CSCCN1C(=O)Nc1cccc(F)c1C(=O)O. The second kappa shape index (κ2) is 6.13. The van der Waals surface area contributed by atoms with Gasteiger partial charge in [-0.05, 0) is 19.1 Å². The van der Waals surface area contributed by atoms with Gasteiger partial charge in [-0.3, -0.25) is 0 Å². The first kappa shape index (κ1) is 14.6. The zero-order valence-electron chi connectivity index (χ0n) is 10.9. The second-order valence-corrected chi connectivity index (χ2v) is 5.66. The van der Waals surface area contributed by atoms with Crippen LogP contribution in [0.4, 0.5) is 14.9 Å². The van der Waals surface area contributed by atoms with Gasteiger partial charge < -0.3 is 15.3 Å². The van der Waals surface area contributed by atoms with E-state index in [1.54, 1.807) is 16.7 Å². The number of anilines is 1. The van der Waals surface area contributed by atoms with E-state index < -0.39 is 23.4 Å². The Hall–Kier alpha value is -1.76. The lowest BCUT2D eigenvalue weighted by Gasteiger charge is -2.33. The quantitative estimate of drug-likeness (QED) is 0.880. The van der Waals surface area contributed by atoms with Crippen LogP contribution in [-0.4, -0.2) is 46.1 Å². The Bertz CT molecular complexity index is 538. The van der Waals surface area contributed by atoms with Crippen LogP contribution in [0.2, 0.25) is 0 Å². The monoisotopic (exact) mass is 298 g/mol. The minimum Gasteiger partial charge on any atom is -0.478 e. The molecule has 20 heavy (non-hydrogen) atoms. The van der Waals surface area contributed by atoms with Crippen LogP contribution in [-0.2, 0) is 0 Å². The Labute approximate surface area is 120 Å². The topological polar surface area (TPSA) is 69.6 Å². The van der Waals surface area contributed by atoms with Crippen LogP contribution in [0.25, 0.3) is 0 Å². The van der Waals surface area contributed by atoms with Gasteiger partial charge >= 0.3 is 12.0 Å². The first-order valence-electron chi connectivity index (χ1n) is 6.18. The molecule has 1 saturated heterocycles. The fourth-order valence-electron chi connectivity index (χ4n) is 2.06. The van der Waals surface area contributed by atoms with Crippen LogP contribution in [0.5, 0.6) is 0 Å². The molecule has 108 valence electrons. The molecule has 1 aliphatic heterocycles. The molecule has 1 unspecified atom stereocenters. The van der Waals surface area contributed by atoms with Gasteiger partial charge in [-0.2, -0.15) is 11.8 Å². The summed E-state index contributed by atoms with van der Waals surface area (Å²) in [7, 11) is 0. The third-order valence-corrected chi connectivity index (χ3v) is 4.29. The molecule has 1 atom stereocenters. The number of thioether (sulfide) groups is 1. The first-order chi connectivity index (χ1) is 9.50. The molecule has 2 rings (SSSR count). The number of benzene rings is 1. The number of nitrogens with one attached hydrogen (secondary N) is 1. The number of urea groups is 1.